The van der Waals surface area contributed by atoms with Gasteiger partial charge in [-0.25, -0.2) is 0 Å². The third kappa shape index (κ3) is 5.24. The van der Waals surface area contributed by atoms with E-state index in [1.54, 1.807) is 0 Å². The van der Waals surface area contributed by atoms with Crippen LogP contribution in [0.4, 0.5) is 5.69 Å². The smallest absolute Gasteiger partial charge is 0.242 e. The van der Waals surface area contributed by atoms with Gasteiger partial charge in [0.1, 0.15) is 5.54 Å². The minimum Gasteiger partial charge on any atom is -0.371 e. The summed E-state index contributed by atoms with van der Waals surface area (Å²) >= 11 is 0. The zero-order valence-electron chi connectivity index (χ0n) is 13.0. The van der Waals surface area contributed by atoms with Gasteiger partial charge in [-0.3, -0.25) is 4.79 Å². The first kappa shape index (κ1) is 16.5. The van der Waals surface area contributed by atoms with Crippen LogP contribution in [0.15, 0.2) is 24.3 Å². The van der Waals surface area contributed by atoms with Crippen LogP contribution in [-0.4, -0.2) is 11.4 Å². The van der Waals surface area contributed by atoms with Crippen molar-refractivity contribution in [2.75, 3.05) is 5.32 Å². The molecule has 0 spiro atoms. The van der Waals surface area contributed by atoms with Crippen LogP contribution in [0.1, 0.15) is 57.9 Å². The van der Waals surface area contributed by atoms with Crippen molar-refractivity contribution in [3.8, 4) is 0 Å². The van der Waals surface area contributed by atoms with Crippen molar-refractivity contribution in [3.63, 3.8) is 0 Å². The van der Waals surface area contributed by atoms with Gasteiger partial charge < -0.3 is 11.1 Å². The monoisotopic (exact) mass is 276 g/mol. The Morgan fingerprint density at radius 2 is 1.95 bits per heavy atom. The van der Waals surface area contributed by atoms with Crippen LogP contribution < -0.4 is 11.1 Å². The lowest BCUT2D eigenvalue weighted by atomic mass is 9.92. The van der Waals surface area contributed by atoms with E-state index in [-0.39, 0.29) is 5.91 Å². The van der Waals surface area contributed by atoms with Crippen molar-refractivity contribution in [3.05, 3.63) is 29.8 Å². The Labute approximate surface area is 122 Å². The third-order valence-electron chi connectivity index (χ3n) is 3.76. The van der Waals surface area contributed by atoms with E-state index in [9.17, 15) is 4.79 Å². The number of hydrogen-bond donors (Lipinski definition) is 2. The molecule has 0 aromatic heterocycles. The quantitative estimate of drug-likeness (QED) is 0.669. The highest BCUT2D eigenvalue weighted by Gasteiger charge is 2.30. The second-order valence-corrected chi connectivity index (χ2v) is 5.86. The average Bonchev–Trinajstić information content (AvgIpc) is 2.38. The predicted octanol–water partition coefficient (Wildman–Crippen LogP) is 4.01. The highest BCUT2D eigenvalue weighted by Crippen LogP contribution is 2.22. The van der Waals surface area contributed by atoms with Crippen molar-refractivity contribution in [2.45, 2.75) is 64.8 Å². The first-order valence-electron chi connectivity index (χ1n) is 7.62. The van der Waals surface area contributed by atoms with Gasteiger partial charge in [0.25, 0.3) is 0 Å². The third-order valence-corrected chi connectivity index (χ3v) is 3.76. The Morgan fingerprint density at radius 3 is 2.55 bits per heavy atom. The molecule has 112 valence electrons. The van der Waals surface area contributed by atoms with E-state index in [1.165, 1.54) is 24.8 Å². The Balaban J connectivity index is 2.60. The van der Waals surface area contributed by atoms with Crippen LogP contribution in [0.2, 0.25) is 0 Å². The SMILES string of the molecule is CCCCCCCC(C)(Nc1cccc(C)c1)C(N)=O. The molecule has 0 fully saturated rings. The van der Waals surface area contributed by atoms with Crippen molar-refractivity contribution in [1.29, 1.82) is 0 Å². The van der Waals surface area contributed by atoms with Crippen LogP contribution in [0.25, 0.3) is 0 Å². The predicted molar refractivity (Wildman–Crippen MR) is 85.8 cm³/mol. The second kappa shape index (κ2) is 7.93. The topological polar surface area (TPSA) is 55.1 Å². The first-order chi connectivity index (χ1) is 9.48. The fourth-order valence-corrected chi connectivity index (χ4v) is 2.37. The minimum atomic E-state index is -0.667. The Morgan fingerprint density at radius 1 is 1.25 bits per heavy atom. The molecule has 0 saturated heterocycles. The standard InChI is InChI=1S/C17H28N2O/c1-4-5-6-7-8-12-17(3,16(18)20)19-15-11-9-10-14(2)13-15/h9-11,13,19H,4-8,12H2,1-3H3,(H2,18,20). The summed E-state index contributed by atoms with van der Waals surface area (Å²) in [4.78, 5) is 11.8. The molecule has 1 atom stereocenters. The number of rotatable bonds is 9. The van der Waals surface area contributed by atoms with Gasteiger partial charge in [0.2, 0.25) is 5.91 Å². The van der Waals surface area contributed by atoms with E-state index >= 15 is 0 Å². The van der Waals surface area contributed by atoms with E-state index in [2.05, 4.69) is 12.2 Å². The van der Waals surface area contributed by atoms with Gasteiger partial charge in [-0.2, -0.15) is 0 Å². The minimum absolute atomic E-state index is 0.283. The number of unbranched alkanes of at least 4 members (excludes halogenated alkanes) is 4. The number of hydrogen-bond acceptors (Lipinski definition) is 2. The van der Waals surface area contributed by atoms with Crippen molar-refractivity contribution >= 4 is 11.6 Å². The summed E-state index contributed by atoms with van der Waals surface area (Å²) in [7, 11) is 0. The van der Waals surface area contributed by atoms with Crippen molar-refractivity contribution in [1.82, 2.24) is 0 Å². The van der Waals surface area contributed by atoms with Gasteiger partial charge in [0, 0.05) is 5.69 Å². The van der Waals surface area contributed by atoms with E-state index in [1.807, 2.05) is 38.1 Å². The summed E-state index contributed by atoms with van der Waals surface area (Å²) in [5.74, 6) is -0.283. The van der Waals surface area contributed by atoms with Gasteiger partial charge in [-0.15, -0.1) is 0 Å². The number of anilines is 1. The fourth-order valence-electron chi connectivity index (χ4n) is 2.37. The normalized spacial score (nSPS) is 13.8. The Bertz CT molecular complexity index is 431. The molecule has 1 amide bonds. The number of benzene rings is 1. The summed E-state index contributed by atoms with van der Waals surface area (Å²) < 4.78 is 0. The van der Waals surface area contributed by atoms with Crippen molar-refractivity contribution < 1.29 is 4.79 Å². The second-order valence-electron chi connectivity index (χ2n) is 5.86. The zero-order chi connectivity index (χ0) is 15.0. The van der Waals surface area contributed by atoms with Crippen molar-refractivity contribution in [2.24, 2.45) is 5.73 Å². The van der Waals surface area contributed by atoms with Crippen LogP contribution in [0.3, 0.4) is 0 Å². The molecule has 1 unspecified atom stereocenters. The summed E-state index contributed by atoms with van der Waals surface area (Å²) in [6.45, 7) is 6.14. The number of aryl methyl sites for hydroxylation is 1. The number of primary amides is 1. The largest absolute Gasteiger partial charge is 0.371 e. The summed E-state index contributed by atoms with van der Waals surface area (Å²) in [6, 6.07) is 8.04. The molecule has 3 heteroatoms. The maximum absolute atomic E-state index is 11.8. The van der Waals surface area contributed by atoms with Crippen LogP contribution in [-0.2, 0) is 4.79 Å². The number of carbonyl (C=O) groups is 1. The highest BCUT2D eigenvalue weighted by molar-refractivity contribution is 5.87. The lowest BCUT2D eigenvalue weighted by molar-refractivity contribution is -0.122. The number of amides is 1. The molecule has 0 radical (unpaired) electrons. The van der Waals surface area contributed by atoms with Gasteiger partial charge in [-0.1, -0.05) is 51.2 Å². The summed E-state index contributed by atoms with van der Waals surface area (Å²) in [6.07, 6.45) is 6.69. The molecule has 20 heavy (non-hydrogen) atoms. The van der Waals surface area contributed by atoms with E-state index in [4.69, 9.17) is 5.73 Å². The molecule has 1 aromatic carbocycles. The Hall–Kier alpha value is -1.51. The summed E-state index contributed by atoms with van der Waals surface area (Å²) in [5.41, 5.74) is 7.06. The van der Waals surface area contributed by atoms with E-state index < -0.39 is 5.54 Å². The molecule has 0 aliphatic rings. The molecular weight excluding hydrogens is 248 g/mol. The number of nitrogens with two attached hydrogens (primary N) is 1. The number of nitrogens with one attached hydrogen (secondary N) is 1. The molecule has 0 bridgehead atoms. The van der Waals surface area contributed by atoms with Gasteiger partial charge in [-0.05, 0) is 38.0 Å². The summed E-state index contributed by atoms with van der Waals surface area (Å²) in [5, 5.41) is 3.31. The van der Waals surface area contributed by atoms with Gasteiger partial charge in [0.15, 0.2) is 0 Å². The molecule has 3 nitrogen and oxygen atoms in total. The maximum atomic E-state index is 11.8. The van der Waals surface area contributed by atoms with Crippen LogP contribution >= 0.6 is 0 Å². The Kier molecular flexibility index (Phi) is 6.56. The molecule has 0 saturated carbocycles. The van der Waals surface area contributed by atoms with Crippen LogP contribution in [0.5, 0.6) is 0 Å². The zero-order valence-corrected chi connectivity index (χ0v) is 13.0. The molecule has 0 heterocycles. The van der Waals surface area contributed by atoms with Gasteiger partial charge >= 0.3 is 0 Å². The van der Waals surface area contributed by atoms with Gasteiger partial charge in [0.05, 0.1) is 0 Å². The molecule has 3 N–H and O–H groups in total. The maximum Gasteiger partial charge on any atom is 0.242 e. The molecule has 0 aliphatic carbocycles. The lowest BCUT2D eigenvalue weighted by Gasteiger charge is -2.29. The fraction of sp³-hybridized carbons (Fsp3) is 0.588. The first-order valence-corrected chi connectivity index (χ1v) is 7.62. The lowest BCUT2D eigenvalue weighted by Crippen LogP contribution is -2.47. The van der Waals surface area contributed by atoms with Crippen LogP contribution in [0, 0.1) is 6.92 Å². The molecule has 0 aliphatic heterocycles. The molecular formula is C17H28N2O. The number of carbonyl (C=O) groups excluding carboxylic acids is 1. The van der Waals surface area contributed by atoms with E-state index in [0.29, 0.717) is 0 Å². The van der Waals surface area contributed by atoms with E-state index in [0.717, 1.165) is 24.9 Å². The average molecular weight is 276 g/mol. The molecule has 1 rings (SSSR count). The highest BCUT2D eigenvalue weighted by atomic mass is 16.1. The molecule has 1 aromatic rings.